The fraction of sp³-hybridized carbons (Fsp3) is 0.292. The van der Waals surface area contributed by atoms with E-state index in [2.05, 4.69) is 9.97 Å². The van der Waals surface area contributed by atoms with Crippen molar-refractivity contribution in [3.05, 3.63) is 83.0 Å². The molecule has 0 aliphatic carbocycles. The highest BCUT2D eigenvalue weighted by Gasteiger charge is 2.28. The Morgan fingerprint density at radius 3 is 2.77 bits per heavy atom. The molecule has 7 heteroatoms. The summed E-state index contributed by atoms with van der Waals surface area (Å²) in [7, 11) is 0. The summed E-state index contributed by atoms with van der Waals surface area (Å²) >= 11 is 6.15. The minimum atomic E-state index is -0.350. The molecular weight excluding hydrogens is 417 g/mol. The Morgan fingerprint density at radius 1 is 1.16 bits per heavy atom. The van der Waals surface area contributed by atoms with E-state index in [4.69, 9.17) is 16.3 Å². The molecule has 5 nitrogen and oxygen atoms in total. The topological polar surface area (TPSA) is 55.3 Å². The van der Waals surface area contributed by atoms with Crippen LogP contribution in [0, 0.1) is 5.82 Å². The van der Waals surface area contributed by atoms with Crippen molar-refractivity contribution < 1.29 is 13.9 Å². The second-order valence-electron chi connectivity index (χ2n) is 7.48. The van der Waals surface area contributed by atoms with Crippen LogP contribution in [-0.4, -0.2) is 40.5 Å². The zero-order valence-electron chi connectivity index (χ0n) is 17.0. The van der Waals surface area contributed by atoms with Crippen LogP contribution in [0.25, 0.3) is 11.3 Å². The number of hydrogen-bond donors (Lipinski definition) is 0. The molecular formula is C24H23ClFN3O2. The molecule has 0 bridgehead atoms. The van der Waals surface area contributed by atoms with Crippen LogP contribution in [0.5, 0.6) is 0 Å². The Hall–Kier alpha value is -2.83. The number of hydrogen-bond acceptors (Lipinski definition) is 4. The lowest BCUT2D eigenvalue weighted by Gasteiger charge is -2.33. The molecule has 2 aromatic carbocycles. The molecule has 31 heavy (non-hydrogen) atoms. The van der Waals surface area contributed by atoms with E-state index in [1.165, 1.54) is 12.1 Å². The van der Waals surface area contributed by atoms with Crippen LogP contribution in [0.3, 0.4) is 0 Å². The maximum Gasteiger partial charge on any atom is 0.222 e. The highest BCUT2D eigenvalue weighted by Crippen LogP contribution is 2.30. The Morgan fingerprint density at radius 2 is 1.97 bits per heavy atom. The number of benzene rings is 2. The van der Waals surface area contributed by atoms with Crippen LogP contribution in [0.1, 0.15) is 30.2 Å². The average molecular weight is 440 g/mol. The Kier molecular flexibility index (Phi) is 6.89. The largest absolute Gasteiger partial charge is 0.368 e. The standard InChI is InChI=1S/C24H23ClFN3O2/c25-19-5-2-4-18(15-19)23-24(28-12-11-27-23)21-16-29(13-14-31-21)22(30)6-1-3-17-7-9-20(26)10-8-17/h2,4-5,7-12,15,21H,1,3,6,13-14,16H2/t21-/m1/s1. The number of morpholine rings is 1. The van der Waals surface area contributed by atoms with Gasteiger partial charge in [0.2, 0.25) is 5.91 Å². The zero-order valence-corrected chi connectivity index (χ0v) is 17.8. The number of nitrogens with zero attached hydrogens (tertiary/aromatic N) is 3. The molecule has 160 valence electrons. The number of aryl methyl sites for hydroxylation is 1. The summed E-state index contributed by atoms with van der Waals surface area (Å²) in [5.41, 5.74) is 3.30. The molecule has 1 atom stereocenters. The normalized spacial score (nSPS) is 16.3. The van der Waals surface area contributed by atoms with Crippen LogP contribution in [0.15, 0.2) is 60.9 Å². The fourth-order valence-electron chi connectivity index (χ4n) is 3.74. The number of aromatic nitrogens is 2. The van der Waals surface area contributed by atoms with E-state index in [-0.39, 0.29) is 17.8 Å². The SMILES string of the molecule is O=C(CCCc1ccc(F)cc1)N1CCO[C@@H](c2nccnc2-c2cccc(Cl)c2)C1. The first-order valence-corrected chi connectivity index (χ1v) is 10.7. The molecule has 1 aliphatic rings. The Labute approximate surface area is 185 Å². The fourth-order valence-corrected chi connectivity index (χ4v) is 3.93. The Balaban J connectivity index is 1.40. The van der Waals surface area contributed by atoms with Gasteiger partial charge in [-0.05, 0) is 42.7 Å². The van der Waals surface area contributed by atoms with Gasteiger partial charge in [0.15, 0.2) is 0 Å². The van der Waals surface area contributed by atoms with E-state index in [1.807, 2.05) is 29.2 Å². The van der Waals surface area contributed by atoms with Gasteiger partial charge >= 0.3 is 0 Å². The number of amides is 1. The molecule has 0 spiro atoms. The van der Waals surface area contributed by atoms with Crippen molar-refractivity contribution in [2.24, 2.45) is 0 Å². The molecule has 1 amide bonds. The van der Waals surface area contributed by atoms with Crippen LogP contribution in [0.4, 0.5) is 4.39 Å². The first-order chi connectivity index (χ1) is 15.1. The average Bonchev–Trinajstić information content (AvgIpc) is 2.80. The number of carbonyl (C=O) groups is 1. The summed E-state index contributed by atoms with van der Waals surface area (Å²) in [6, 6.07) is 13.9. The minimum Gasteiger partial charge on any atom is -0.368 e. The lowest BCUT2D eigenvalue weighted by atomic mass is 10.0. The highest BCUT2D eigenvalue weighted by atomic mass is 35.5. The van der Waals surface area contributed by atoms with E-state index < -0.39 is 0 Å². The quantitative estimate of drug-likeness (QED) is 0.550. The predicted octanol–water partition coefficient (Wildman–Crippen LogP) is 4.86. The second kappa shape index (κ2) is 9.98. The van der Waals surface area contributed by atoms with E-state index in [0.717, 1.165) is 17.5 Å². The third-order valence-electron chi connectivity index (χ3n) is 5.32. The monoisotopic (exact) mass is 439 g/mol. The van der Waals surface area contributed by atoms with Crippen LogP contribution in [-0.2, 0) is 16.0 Å². The lowest BCUT2D eigenvalue weighted by molar-refractivity contribution is -0.139. The number of carbonyl (C=O) groups excluding carboxylic acids is 1. The van der Waals surface area contributed by atoms with Crippen molar-refractivity contribution in [3.63, 3.8) is 0 Å². The summed E-state index contributed by atoms with van der Waals surface area (Å²) in [6.07, 6.45) is 4.81. The van der Waals surface area contributed by atoms with Crippen molar-refractivity contribution in [1.82, 2.24) is 14.9 Å². The van der Waals surface area contributed by atoms with Crippen molar-refractivity contribution in [1.29, 1.82) is 0 Å². The van der Waals surface area contributed by atoms with Gasteiger partial charge in [0.1, 0.15) is 11.9 Å². The molecule has 1 aromatic heterocycles. The molecule has 1 saturated heterocycles. The third kappa shape index (κ3) is 5.46. The van der Waals surface area contributed by atoms with E-state index >= 15 is 0 Å². The molecule has 1 fully saturated rings. The van der Waals surface area contributed by atoms with Gasteiger partial charge in [0.25, 0.3) is 0 Å². The van der Waals surface area contributed by atoms with E-state index in [0.29, 0.717) is 48.9 Å². The van der Waals surface area contributed by atoms with Gasteiger partial charge in [-0.25, -0.2) is 4.39 Å². The van der Waals surface area contributed by atoms with Crippen molar-refractivity contribution in [2.45, 2.75) is 25.4 Å². The van der Waals surface area contributed by atoms with Gasteiger partial charge in [-0.3, -0.25) is 14.8 Å². The van der Waals surface area contributed by atoms with E-state index in [9.17, 15) is 9.18 Å². The van der Waals surface area contributed by atoms with Crippen LogP contribution in [0.2, 0.25) is 5.02 Å². The second-order valence-corrected chi connectivity index (χ2v) is 7.92. The molecule has 0 saturated carbocycles. The van der Waals surface area contributed by atoms with Crippen LogP contribution < -0.4 is 0 Å². The summed E-state index contributed by atoms with van der Waals surface area (Å²) < 4.78 is 19.0. The predicted molar refractivity (Wildman–Crippen MR) is 117 cm³/mol. The molecule has 0 N–H and O–H groups in total. The first kappa shape index (κ1) is 21.4. The maximum atomic E-state index is 13.0. The molecule has 1 aliphatic heterocycles. The summed E-state index contributed by atoms with van der Waals surface area (Å²) in [5, 5.41) is 0.622. The van der Waals surface area contributed by atoms with Crippen molar-refractivity contribution >= 4 is 17.5 Å². The van der Waals surface area contributed by atoms with Gasteiger partial charge in [-0.15, -0.1) is 0 Å². The van der Waals surface area contributed by atoms with Crippen molar-refractivity contribution in [2.75, 3.05) is 19.7 Å². The maximum absolute atomic E-state index is 13.0. The first-order valence-electron chi connectivity index (χ1n) is 10.3. The molecule has 2 heterocycles. The van der Waals surface area contributed by atoms with E-state index in [1.54, 1.807) is 24.5 Å². The summed E-state index contributed by atoms with van der Waals surface area (Å²) in [4.78, 5) is 23.6. The van der Waals surface area contributed by atoms with Gasteiger partial charge in [-0.2, -0.15) is 0 Å². The summed E-state index contributed by atoms with van der Waals surface area (Å²) in [5.74, 6) is -0.163. The number of rotatable bonds is 6. The Bertz CT molecular complexity index is 1050. The highest BCUT2D eigenvalue weighted by molar-refractivity contribution is 6.30. The number of halogens is 2. The molecule has 4 rings (SSSR count). The van der Waals surface area contributed by atoms with Gasteiger partial charge < -0.3 is 9.64 Å². The van der Waals surface area contributed by atoms with Gasteiger partial charge in [0.05, 0.1) is 24.5 Å². The van der Waals surface area contributed by atoms with Crippen LogP contribution >= 0.6 is 11.6 Å². The molecule has 0 unspecified atom stereocenters. The third-order valence-corrected chi connectivity index (χ3v) is 5.55. The molecule has 3 aromatic rings. The van der Waals surface area contributed by atoms with Crippen molar-refractivity contribution in [3.8, 4) is 11.3 Å². The van der Waals surface area contributed by atoms with Gasteiger partial charge in [0, 0.05) is 35.9 Å². The van der Waals surface area contributed by atoms with Gasteiger partial charge in [-0.1, -0.05) is 35.9 Å². The smallest absolute Gasteiger partial charge is 0.222 e. The lowest BCUT2D eigenvalue weighted by Crippen LogP contribution is -2.42. The summed E-state index contributed by atoms with van der Waals surface area (Å²) in [6.45, 7) is 1.43. The number of ether oxygens (including phenoxy) is 1. The minimum absolute atomic E-state index is 0.0867. The molecule has 0 radical (unpaired) electrons. The zero-order chi connectivity index (χ0) is 21.6.